The number of carbonyl (C=O) groups is 2. The molecule has 0 unspecified atom stereocenters. The molecule has 1 aromatic heterocycles. The monoisotopic (exact) mass is 369 g/mol. The molecule has 2 aromatic rings. The maximum absolute atomic E-state index is 12.9. The van der Waals surface area contributed by atoms with Gasteiger partial charge >= 0.3 is 6.09 Å². The first-order chi connectivity index (χ1) is 12.9. The summed E-state index contributed by atoms with van der Waals surface area (Å²) in [7, 11) is 1.72. The Morgan fingerprint density at radius 1 is 1.22 bits per heavy atom. The van der Waals surface area contributed by atoms with Gasteiger partial charge in [0.2, 0.25) is 0 Å². The number of carbonyl (C=O) groups excluding carboxylic acids is 2. The molecule has 27 heavy (non-hydrogen) atoms. The highest BCUT2D eigenvalue weighted by atomic mass is 16.6. The summed E-state index contributed by atoms with van der Waals surface area (Å²) in [6, 6.07) is 7.62. The summed E-state index contributed by atoms with van der Waals surface area (Å²) in [4.78, 5) is 32.2. The van der Waals surface area contributed by atoms with Gasteiger partial charge in [-0.15, -0.1) is 0 Å². The first-order valence-corrected chi connectivity index (χ1v) is 9.12. The molecule has 1 spiro atoms. The van der Waals surface area contributed by atoms with E-state index in [4.69, 9.17) is 4.74 Å². The van der Waals surface area contributed by atoms with E-state index in [0.29, 0.717) is 31.6 Å². The van der Waals surface area contributed by atoms with Crippen molar-refractivity contribution in [3.8, 4) is 11.4 Å². The third-order valence-electron chi connectivity index (χ3n) is 5.20. The predicted molar refractivity (Wildman–Crippen MR) is 98.2 cm³/mol. The molecule has 0 radical (unpaired) electrons. The van der Waals surface area contributed by atoms with Crippen molar-refractivity contribution < 1.29 is 14.3 Å². The minimum atomic E-state index is -0.560. The van der Waals surface area contributed by atoms with Crippen LogP contribution in [-0.4, -0.2) is 68.8 Å². The topological polar surface area (TPSA) is 80.6 Å². The summed E-state index contributed by atoms with van der Waals surface area (Å²) < 4.78 is 7.37. The summed E-state index contributed by atoms with van der Waals surface area (Å²) >= 11 is 0. The third kappa shape index (κ3) is 3.05. The van der Waals surface area contributed by atoms with E-state index in [1.807, 2.05) is 42.8 Å². The molecule has 2 amide bonds. The van der Waals surface area contributed by atoms with Crippen LogP contribution in [0.15, 0.2) is 30.6 Å². The number of likely N-dealkylation sites (tertiary alicyclic amines) is 1. The first kappa shape index (κ1) is 17.5. The zero-order valence-corrected chi connectivity index (χ0v) is 15.8. The second-order valence-corrected chi connectivity index (χ2v) is 7.58. The number of aromatic nitrogens is 3. The van der Waals surface area contributed by atoms with Crippen molar-refractivity contribution >= 4 is 12.0 Å². The summed E-state index contributed by atoms with van der Waals surface area (Å²) in [6.45, 7) is 5.65. The Labute approximate surface area is 157 Å². The number of ether oxygens (including phenoxy) is 1. The van der Waals surface area contributed by atoms with Crippen LogP contribution in [0, 0.1) is 0 Å². The van der Waals surface area contributed by atoms with Gasteiger partial charge in [-0.25, -0.2) is 14.5 Å². The summed E-state index contributed by atoms with van der Waals surface area (Å²) in [5.41, 5.74) is 0.973. The van der Waals surface area contributed by atoms with Crippen LogP contribution in [0.5, 0.6) is 0 Å². The molecule has 4 rings (SSSR count). The molecule has 2 saturated heterocycles. The van der Waals surface area contributed by atoms with Gasteiger partial charge < -0.3 is 14.5 Å². The minimum absolute atomic E-state index is 0.0469. The van der Waals surface area contributed by atoms with Crippen molar-refractivity contribution in [3.63, 3.8) is 0 Å². The van der Waals surface area contributed by atoms with Gasteiger partial charge in [0.1, 0.15) is 6.33 Å². The van der Waals surface area contributed by atoms with Crippen molar-refractivity contribution in [3.05, 3.63) is 36.2 Å². The van der Waals surface area contributed by atoms with Crippen LogP contribution in [-0.2, 0) is 4.74 Å². The number of nitrogens with zero attached hydrogens (tertiary/aromatic N) is 5. The van der Waals surface area contributed by atoms with Crippen LogP contribution in [0.25, 0.3) is 11.4 Å². The van der Waals surface area contributed by atoms with E-state index in [1.165, 1.54) is 6.33 Å². The number of hydrogen-bond donors (Lipinski definition) is 0. The van der Waals surface area contributed by atoms with E-state index >= 15 is 0 Å². The van der Waals surface area contributed by atoms with Crippen LogP contribution in [0.4, 0.5) is 4.79 Å². The number of rotatable bonds is 3. The van der Waals surface area contributed by atoms with Gasteiger partial charge in [-0.05, 0) is 26.0 Å². The Kier molecular flexibility index (Phi) is 4.13. The molecular weight excluding hydrogens is 346 g/mol. The average Bonchev–Trinajstić information content (AvgIpc) is 3.34. The quantitative estimate of drug-likeness (QED) is 0.828. The summed E-state index contributed by atoms with van der Waals surface area (Å²) in [5, 5.41) is 4.25. The highest BCUT2D eigenvalue weighted by Crippen LogP contribution is 2.32. The van der Waals surface area contributed by atoms with Crippen molar-refractivity contribution in [2.75, 3.05) is 26.7 Å². The lowest BCUT2D eigenvalue weighted by molar-refractivity contribution is 0.0553. The normalized spacial score (nSPS) is 22.1. The van der Waals surface area contributed by atoms with Crippen molar-refractivity contribution in [1.29, 1.82) is 0 Å². The number of benzene rings is 1. The Hall–Kier alpha value is -2.90. The maximum atomic E-state index is 12.9. The standard InChI is InChI=1S/C19H23N5O3/c1-13(2)24-16(20-12-21-24)14-4-6-15(7-5-14)17(25)23-9-8-19(11-23)10-22(3)18(26)27-19/h4-7,12-13H,8-11H2,1-3H3/t19-/m1/s1. The van der Waals surface area contributed by atoms with E-state index < -0.39 is 5.60 Å². The van der Waals surface area contributed by atoms with E-state index in [2.05, 4.69) is 10.1 Å². The minimum Gasteiger partial charge on any atom is -0.439 e. The number of likely N-dealkylation sites (N-methyl/N-ethyl adjacent to an activating group) is 1. The van der Waals surface area contributed by atoms with Gasteiger partial charge in [-0.3, -0.25) is 4.79 Å². The highest BCUT2D eigenvalue weighted by Gasteiger charge is 2.49. The van der Waals surface area contributed by atoms with Gasteiger partial charge in [-0.1, -0.05) is 12.1 Å². The van der Waals surface area contributed by atoms with Crippen LogP contribution < -0.4 is 0 Å². The van der Waals surface area contributed by atoms with Crippen LogP contribution in [0.1, 0.15) is 36.7 Å². The molecule has 8 heteroatoms. The predicted octanol–water partition coefficient (Wildman–Crippen LogP) is 2.19. The molecule has 0 bridgehead atoms. The van der Waals surface area contributed by atoms with E-state index in [0.717, 1.165) is 11.4 Å². The first-order valence-electron chi connectivity index (χ1n) is 9.12. The van der Waals surface area contributed by atoms with Crippen molar-refractivity contribution in [2.45, 2.75) is 31.9 Å². The Bertz CT molecular complexity index is 876. The van der Waals surface area contributed by atoms with Gasteiger partial charge in [0, 0.05) is 37.2 Å². The molecule has 0 aliphatic carbocycles. The highest BCUT2D eigenvalue weighted by molar-refractivity contribution is 5.95. The molecule has 1 aromatic carbocycles. The Balaban J connectivity index is 1.49. The van der Waals surface area contributed by atoms with Gasteiger partial charge in [0.15, 0.2) is 11.4 Å². The zero-order chi connectivity index (χ0) is 19.2. The molecule has 142 valence electrons. The third-order valence-corrected chi connectivity index (χ3v) is 5.20. The fourth-order valence-corrected chi connectivity index (χ4v) is 3.80. The van der Waals surface area contributed by atoms with E-state index in [9.17, 15) is 9.59 Å². The Morgan fingerprint density at radius 3 is 2.59 bits per heavy atom. The van der Waals surface area contributed by atoms with Crippen LogP contribution in [0.2, 0.25) is 0 Å². The second kappa shape index (κ2) is 6.37. The Morgan fingerprint density at radius 2 is 1.96 bits per heavy atom. The number of amides is 2. The molecule has 0 saturated carbocycles. The molecule has 0 N–H and O–H groups in total. The smallest absolute Gasteiger partial charge is 0.410 e. The zero-order valence-electron chi connectivity index (χ0n) is 15.8. The summed E-state index contributed by atoms with van der Waals surface area (Å²) in [6.07, 6.45) is 1.89. The van der Waals surface area contributed by atoms with Gasteiger partial charge in [-0.2, -0.15) is 5.10 Å². The van der Waals surface area contributed by atoms with Crippen LogP contribution in [0.3, 0.4) is 0 Å². The largest absolute Gasteiger partial charge is 0.439 e. The van der Waals surface area contributed by atoms with E-state index in [-0.39, 0.29) is 18.0 Å². The maximum Gasteiger partial charge on any atom is 0.410 e. The number of hydrogen-bond acceptors (Lipinski definition) is 5. The van der Waals surface area contributed by atoms with Gasteiger partial charge in [0.05, 0.1) is 13.1 Å². The average molecular weight is 369 g/mol. The lowest BCUT2D eigenvalue weighted by Gasteiger charge is -2.21. The van der Waals surface area contributed by atoms with Gasteiger partial charge in [0.25, 0.3) is 5.91 Å². The molecule has 8 nitrogen and oxygen atoms in total. The molecule has 2 aliphatic heterocycles. The molecule has 2 aliphatic rings. The summed E-state index contributed by atoms with van der Waals surface area (Å²) in [5.74, 6) is 0.736. The molecular formula is C19H23N5O3. The van der Waals surface area contributed by atoms with Crippen molar-refractivity contribution in [2.24, 2.45) is 0 Å². The van der Waals surface area contributed by atoms with Crippen molar-refractivity contribution in [1.82, 2.24) is 24.6 Å². The fraction of sp³-hybridized carbons (Fsp3) is 0.474. The molecule has 3 heterocycles. The molecule has 1 atom stereocenters. The lowest BCUT2D eigenvalue weighted by Crippen LogP contribution is -2.39. The van der Waals surface area contributed by atoms with E-state index in [1.54, 1.807) is 16.8 Å². The van der Waals surface area contributed by atoms with Crippen LogP contribution >= 0.6 is 0 Å². The second-order valence-electron chi connectivity index (χ2n) is 7.58. The lowest BCUT2D eigenvalue weighted by atomic mass is 10.0. The SMILES string of the molecule is CC(C)n1ncnc1-c1ccc(C(=O)N2CC[C@@]3(CN(C)C(=O)O3)C2)cc1. The molecule has 2 fully saturated rings. The fourth-order valence-electron chi connectivity index (χ4n) is 3.80.